The highest BCUT2D eigenvalue weighted by Crippen LogP contribution is 2.31. The molecule has 28 heavy (non-hydrogen) atoms. The number of nitrogens with one attached hydrogen (secondary N) is 1. The Balaban J connectivity index is 2.04. The summed E-state index contributed by atoms with van der Waals surface area (Å²) in [6.45, 7) is 1.82. The number of ether oxygens (including phenoxy) is 2. The Bertz CT molecular complexity index is 1390. The van der Waals surface area contributed by atoms with Crippen molar-refractivity contribution in [2.75, 3.05) is 14.2 Å². The summed E-state index contributed by atoms with van der Waals surface area (Å²) in [6, 6.07) is 9.51. The van der Waals surface area contributed by atoms with Crippen LogP contribution in [0.15, 0.2) is 51.1 Å². The summed E-state index contributed by atoms with van der Waals surface area (Å²) in [6.07, 6.45) is 0. The van der Waals surface area contributed by atoms with Crippen LogP contribution in [0.5, 0.6) is 11.5 Å². The van der Waals surface area contributed by atoms with Gasteiger partial charge in [0.05, 0.1) is 25.1 Å². The molecule has 9 nitrogen and oxygen atoms in total. The van der Waals surface area contributed by atoms with Gasteiger partial charge in [-0.25, -0.2) is 18.1 Å². The van der Waals surface area contributed by atoms with E-state index in [2.05, 4.69) is 15.3 Å². The predicted molar refractivity (Wildman–Crippen MR) is 101 cm³/mol. The monoisotopic (exact) mass is 400 g/mol. The lowest BCUT2D eigenvalue weighted by Crippen LogP contribution is -2.12. The lowest BCUT2D eigenvalue weighted by Gasteiger charge is -2.09. The molecule has 0 saturated carbocycles. The molecule has 4 aromatic rings. The number of fused-ring (bicyclic) bond motifs is 3. The molecule has 0 spiro atoms. The molecule has 144 valence electrons. The van der Waals surface area contributed by atoms with Crippen molar-refractivity contribution in [3.63, 3.8) is 0 Å². The summed E-state index contributed by atoms with van der Waals surface area (Å²) >= 11 is 0. The van der Waals surface area contributed by atoms with Crippen LogP contribution in [0.2, 0.25) is 0 Å². The predicted octanol–water partition coefficient (Wildman–Crippen LogP) is 1.73. The standard InChI is InChI=1S/C18H16N4O5S/c1-10-4-7-15(14(8-10)27-3)28(24,25)18-16-19-17(23)12-6-5-11(26-2)9-13(12)22(16)21-20-18/h4-9,21H,1-3H3. The third kappa shape index (κ3) is 2.61. The highest BCUT2D eigenvalue weighted by atomic mass is 32.2. The minimum Gasteiger partial charge on any atom is -0.497 e. The van der Waals surface area contributed by atoms with Crippen molar-refractivity contribution in [1.29, 1.82) is 0 Å². The molecular formula is C18H16N4O5S. The summed E-state index contributed by atoms with van der Waals surface area (Å²) in [4.78, 5) is 16.3. The zero-order chi connectivity index (χ0) is 20.1. The number of benzene rings is 2. The number of aryl methyl sites for hydroxylation is 1. The van der Waals surface area contributed by atoms with E-state index in [4.69, 9.17) is 9.47 Å². The molecule has 0 aliphatic heterocycles. The Hall–Kier alpha value is -3.40. The molecular weight excluding hydrogens is 384 g/mol. The van der Waals surface area contributed by atoms with Crippen molar-refractivity contribution in [1.82, 2.24) is 19.8 Å². The normalized spacial score (nSPS) is 11.8. The largest absolute Gasteiger partial charge is 0.497 e. The van der Waals surface area contributed by atoms with Gasteiger partial charge in [-0.15, -0.1) is 5.10 Å². The van der Waals surface area contributed by atoms with Gasteiger partial charge in [-0.2, -0.15) is 4.98 Å². The lowest BCUT2D eigenvalue weighted by atomic mass is 10.2. The maximum atomic E-state index is 13.2. The molecule has 0 aliphatic carbocycles. The third-order valence-corrected chi connectivity index (χ3v) is 6.10. The first-order valence-electron chi connectivity index (χ1n) is 8.21. The Morgan fingerprint density at radius 2 is 1.86 bits per heavy atom. The summed E-state index contributed by atoms with van der Waals surface area (Å²) in [5.74, 6) is 0.692. The van der Waals surface area contributed by atoms with E-state index in [0.717, 1.165) is 5.56 Å². The summed E-state index contributed by atoms with van der Waals surface area (Å²) in [5.41, 5.74) is 0.578. The first-order valence-corrected chi connectivity index (χ1v) is 9.69. The average Bonchev–Trinajstić information content (AvgIpc) is 3.12. The van der Waals surface area contributed by atoms with Crippen LogP contribution in [-0.2, 0) is 9.84 Å². The van der Waals surface area contributed by atoms with Crippen molar-refractivity contribution < 1.29 is 17.9 Å². The molecule has 10 heteroatoms. The van der Waals surface area contributed by atoms with Crippen LogP contribution in [0.1, 0.15) is 5.56 Å². The first-order chi connectivity index (χ1) is 13.4. The maximum Gasteiger partial charge on any atom is 0.281 e. The summed E-state index contributed by atoms with van der Waals surface area (Å²) in [7, 11) is -1.22. The fourth-order valence-corrected chi connectivity index (χ4v) is 4.40. The van der Waals surface area contributed by atoms with Crippen LogP contribution in [-0.4, -0.2) is 42.4 Å². The quantitative estimate of drug-likeness (QED) is 0.554. The summed E-state index contributed by atoms with van der Waals surface area (Å²) < 4.78 is 38.2. The van der Waals surface area contributed by atoms with E-state index < -0.39 is 15.4 Å². The van der Waals surface area contributed by atoms with Gasteiger partial charge >= 0.3 is 0 Å². The van der Waals surface area contributed by atoms with Gasteiger partial charge in [0.1, 0.15) is 16.4 Å². The van der Waals surface area contributed by atoms with Gasteiger partial charge in [0, 0.05) is 6.07 Å². The number of aromatic nitrogens is 4. The number of methoxy groups -OCH3 is 2. The van der Waals surface area contributed by atoms with Gasteiger partial charge in [0.2, 0.25) is 14.9 Å². The number of hydrogen-bond donors (Lipinski definition) is 1. The Morgan fingerprint density at radius 1 is 1.07 bits per heavy atom. The van der Waals surface area contributed by atoms with Gasteiger partial charge in [0.25, 0.3) is 5.56 Å². The summed E-state index contributed by atoms with van der Waals surface area (Å²) in [5, 5.41) is 6.50. The molecule has 1 N–H and O–H groups in total. The molecule has 2 heterocycles. The zero-order valence-electron chi connectivity index (χ0n) is 15.3. The number of rotatable bonds is 4. The van der Waals surface area contributed by atoms with E-state index in [-0.39, 0.29) is 21.3 Å². The van der Waals surface area contributed by atoms with Crippen LogP contribution in [0.25, 0.3) is 16.6 Å². The van der Waals surface area contributed by atoms with Crippen molar-refractivity contribution in [2.45, 2.75) is 16.8 Å². The van der Waals surface area contributed by atoms with E-state index in [1.807, 2.05) is 6.92 Å². The van der Waals surface area contributed by atoms with Gasteiger partial charge < -0.3 is 9.47 Å². The van der Waals surface area contributed by atoms with Crippen molar-refractivity contribution >= 4 is 26.4 Å². The van der Waals surface area contributed by atoms with E-state index in [1.54, 1.807) is 30.3 Å². The smallest absolute Gasteiger partial charge is 0.281 e. The lowest BCUT2D eigenvalue weighted by molar-refractivity contribution is 0.402. The fraction of sp³-hybridized carbons (Fsp3) is 0.167. The van der Waals surface area contributed by atoms with Crippen molar-refractivity contribution in [3.8, 4) is 11.5 Å². The highest BCUT2D eigenvalue weighted by Gasteiger charge is 2.29. The molecule has 0 fully saturated rings. The molecule has 0 saturated heterocycles. The minimum atomic E-state index is -4.10. The number of sulfone groups is 1. The molecule has 0 unspecified atom stereocenters. The van der Waals surface area contributed by atoms with E-state index >= 15 is 0 Å². The number of hydrogen-bond acceptors (Lipinski definition) is 7. The van der Waals surface area contributed by atoms with Gasteiger partial charge in [-0.3, -0.25) is 4.79 Å². The molecule has 0 atom stereocenters. The molecule has 4 rings (SSSR count). The maximum absolute atomic E-state index is 13.2. The number of H-pyrrole nitrogens is 1. The zero-order valence-corrected chi connectivity index (χ0v) is 16.1. The molecule has 2 aromatic heterocycles. The fourth-order valence-electron chi connectivity index (χ4n) is 3.00. The minimum absolute atomic E-state index is 0.0606. The molecule has 0 bridgehead atoms. The number of aromatic amines is 1. The van der Waals surface area contributed by atoms with Gasteiger partial charge in [0.15, 0.2) is 5.65 Å². The SMILES string of the molecule is COc1ccc2c(=O)nc3c(S(=O)(=O)c4ccc(C)cc4OC)n[nH]n3c2c1. The van der Waals surface area contributed by atoms with Crippen LogP contribution < -0.4 is 15.0 Å². The van der Waals surface area contributed by atoms with E-state index in [0.29, 0.717) is 16.7 Å². The first kappa shape index (κ1) is 18.0. The Labute approximate surface area is 159 Å². The average molecular weight is 400 g/mol. The van der Waals surface area contributed by atoms with Gasteiger partial charge in [-0.05, 0) is 36.8 Å². The second-order valence-corrected chi connectivity index (χ2v) is 7.97. The molecule has 2 aromatic carbocycles. The second-order valence-electron chi connectivity index (χ2n) is 6.13. The van der Waals surface area contributed by atoms with Crippen molar-refractivity contribution in [3.05, 3.63) is 52.3 Å². The Kier molecular flexibility index (Phi) is 4.07. The Morgan fingerprint density at radius 3 is 2.57 bits per heavy atom. The van der Waals surface area contributed by atoms with E-state index in [9.17, 15) is 13.2 Å². The molecule has 0 aliphatic rings. The molecule has 0 radical (unpaired) electrons. The molecule has 0 amide bonds. The van der Waals surface area contributed by atoms with Crippen LogP contribution in [0, 0.1) is 6.92 Å². The van der Waals surface area contributed by atoms with Gasteiger partial charge in [-0.1, -0.05) is 6.07 Å². The highest BCUT2D eigenvalue weighted by molar-refractivity contribution is 7.91. The topological polar surface area (TPSA) is 116 Å². The van der Waals surface area contributed by atoms with Crippen LogP contribution >= 0.6 is 0 Å². The van der Waals surface area contributed by atoms with Crippen LogP contribution in [0.4, 0.5) is 0 Å². The second kappa shape index (κ2) is 6.34. The van der Waals surface area contributed by atoms with Crippen molar-refractivity contribution in [2.24, 2.45) is 0 Å². The van der Waals surface area contributed by atoms with E-state index in [1.165, 1.54) is 24.8 Å². The third-order valence-electron chi connectivity index (χ3n) is 4.40. The van der Waals surface area contributed by atoms with Crippen LogP contribution in [0.3, 0.4) is 0 Å². The number of nitrogens with zero attached hydrogens (tertiary/aromatic N) is 3.